The molecule has 0 radical (unpaired) electrons. The van der Waals surface area contributed by atoms with E-state index in [0.717, 1.165) is 25.7 Å². The van der Waals surface area contributed by atoms with Crippen molar-refractivity contribution >= 4 is 11.9 Å². The van der Waals surface area contributed by atoms with Gasteiger partial charge >= 0.3 is 11.9 Å². The zero-order chi connectivity index (χ0) is 15.9. The molecule has 2 aliphatic rings. The Labute approximate surface area is 131 Å². The number of ether oxygens (including phenoxy) is 2. The predicted molar refractivity (Wildman–Crippen MR) is 77.7 cm³/mol. The molecule has 0 N–H and O–H groups in total. The molecule has 4 atom stereocenters. The van der Waals surface area contributed by atoms with Crippen LogP contribution in [0.4, 0.5) is 0 Å². The Bertz CT molecular complexity index is 347. The number of carbonyl (C=O) groups is 2. The second-order valence-corrected chi connectivity index (χ2v) is 5.95. The Morgan fingerprint density at radius 3 is 1.59 bits per heavy atom. The first-order valence-corrected chi connectivity index (χ1v) is 8.34. The van der Waals surface area contributed by atoms with Crippen molar-refractivity contribution < 1.29 is 28.8 Å². The highest BCUT2D eigenvalue weighted by Gasteiger charge is 2.54. The maximum absolute atomic E-state index is 12.1. The molecule has 6 heteroatoms. The lowest BCUT2D eigenvalue weighted by Crippen LogP contribution is -2.58. The Morgan fingerprint density at radius 2 is 1.27 bits per heavy atom. The molecule has 1 saturated carbocycles. The van der Waals surface area contributed by atoms with E-state index in [4.69, 9.17) is 19.2 Å². The molecule has 22 heavy (non-hydrogen) atoms. The van der Waals surface area contributed by atoms with Gasteiger partial charge in [0.1, 0.15) is 12.2 Å². The molecular formula is C16H26O6. The molecule has 0 spiro atoms. The molecule has 0 aromatic rings. The lowest BCUT2D eigenvalue weighted by molar-refractivity contribution is -0.485. The zero-order valence-electron chi connectivity index (χ0n) is 13.4. The van der Waals surface area contributed by atoms with Crippen molar-refractivity contribution in [3.8, 4) is 0 Å². The fourth-order valence-corrected chi connectivity index (χ4v) is 2.82. The summed E-state index contributed by atoms with van der Waals surface area (Å²) in [5, 5.41) is 0. The van der Waals surface area contributed by atoms with Gasteiger partial charge in [0.15, 0.2) is 0 Å². The van der Waals surface area contributed by atoms with Crippen LogP contribution in [-0.4, -0.2) is 37.4 Å². The molecule has 0 bridgehead atoms. The van der Waals surface area contributed by atoms with Crippen LogP contribution in [0.2, 0.25) is 0 Å². The van der Waals surface area contributed by atoms with Crippen molar-refractivity contribution in [1.29, 1.82) is 0 Å². The fraction of sp³-hybridized carbons (Fsp3) is 0.875. The van der Waals surface area contributed by atoms with Gasteiger partial charge in [-0.15, -0.1) is 0 Å². The van der Waals surface area contributed by atoms with Crippen molar-refractivity contribution in [2.24, 2.45) is 11.8 Å². The minimum atomic E-state index is -0.383. The minimum absolute atomic E-state index is 0.246. The number of fused-ring (bicyclic) bond motifs is 1. The SMILES string of the molecule is CCCCOC(=O)C1CCC(C(=O)OCCCC)C2OOC12. The van der Waals surface area contributed by atoms with Crippen LogP contribution in [-0.2, 0) is 28.8 Å². The normalized spacial score (nSPS) is 30.1. The van der Waals surface area contributed by atoms with Gasteiger partial charge in [-0.2, -0.15) is 0 Å². The smallest absolute Gasteiger partial charge is 0.311 e. The lowest BCUT2D eigenvalue weighted by atomic mass is 9.76. The first-order chi connectivity index (χ1) is 10.7. The largest absolute Gasteiger partial charge is 0.465 e. The summed E-state index contributed by atoms with van der Waals surface area (Å²) < 4.78 is 10.5. The summed E-state index contributed by atoms with van der Waals surface area (Å²) in [6.45, 7) is 4.96. The number of unbranched alkanes of at least 4 members (excludes halogenated alkanes) is 2. The van der Waals surface area contributed by atoms with Gasteiger partial charge in [0, 0.05) is 0 Å². The van der Waals surface area contributed by atoms with Crippen LogP contribution in [0.25, 0.3) is 0 Å². The van der Waals surface area contributed by atoms with E-state index in [1.807, 2.05) is 13.8 Å². The fourth-order valence-electron chi connectivity index (χ4n) is 2.82. The first kappa shape index (κ1) is 17.2. The highest BCUT2D eigenvalue weighted by atomic mass is 17.2. The Kier molecular flexibility index (Phi) is 6.64. The second-order valence-electron chi connectivity index (χ2n) is 5.95. The topological polar surface area (TPSA) is 71.1 Å². The molecule has 0 amide bonds. The minimum Gasteiger partial charge on any atom is -0.465 e. The van der Waals surface area contributed by atoms with Crippen LogP contribution in [0.5, 0.6) is 0 Å². The average Bonchev–Trinajstić information content (AvgIpc) is 2.48. The Hall–Kier alpha value is -1.14. The standard InChI is InChI=1S/C16H26O6/c1-3-5-9-19-15(17)11-7-8-12(14-13(11)21-22-14)16(18)20-10-6-4-2/h11-14H,3-10H2,1-2H3. The maximum atomic E-state index is 12.1. The van der Waals surface area contributed by atoms with Crippen molar-refractivity contribution in [2.45, 2.75) is 64.6 Å². The predicted octanol–water partition coefficient (Wildman–Crippen LogP) is 2.40. The van der Waals surface area contributed by atoms with E-state index in [9.17, 15) is 9.59 Å². The van der Waals surface area contributed by atoms with Crippen LogP contribution in [0.3, 0.4) is 0 Å². The molecule has 1 saturated heterocycles. The lowest BCUT2D eigenvalue weighted by Gasteiger charge is -2.45. The number of rotatable bonds is 8. The van der Waals surface area contributed by atoms with Gasteiger partial charge in [-0.05, 0) is 25.7 Å². The number of carbonyl (C=O) groups excluding carboxylic acids is 2. The second kappa shape index (κ2) is 8.48. The summed E-state index contributed by atoms with van der Waals surface area (Å²) in [7, 11) is 0. The third-order valence-corrected chi connectivity index (χ3v) is 4.27. The molecule has 2 fully saturated rings. The molecule has 0 aromatic carbocycles. The molecule has 1 aliphatic heterocycles. The van der Waals surface area contributed by atoms with Gasteiger partial charge in [-0.3, -0.25) is 9.59 Å². The quantitative estimate of drug-likeness (QED) is 0.389. The van der Waals surface area contributed by atoms with E-state index in [2.05, 4.69) is 0 Å². The van der Waals surface area contributed by atoms with Gasteiger partial charge in [0.05, 0.1) is 25.0 Å². The van der Waals surface area contributed by atoms with Crippen LogP contribution in [0.1, 0.15) is 52.4 Å². The summed E-state index contributed by atoms with van der Waals surface area (Å²) in [5.41, 5.74) is 0. The number of hydrogen-bond donors (Lipinski definition) is 0. The zero-order valence-corrected chi connectivity index (χ0v) is 13.4. The molecule has 4 unspecified atom stereocenters. The van der Waals surface area contributed by atoms with E-state index in [-0.39, 0.29) is 36.0 Å². The molecule has 6 nitrogen and oxygen atoms in total. The van der Waals surface area contributed by atoms with Crippen molar-refractivity contribution in [2.75, 3.05) is 13.2 Å². The van der Waals surface area contributed by atoms with Gasteiger partial charge in [-0.1, -0.05) is 26.7 Å². The monoisotopic (exact) mass is 314 g/mol. The molecule has 0 aromatic heterocycles. The van der Waals surface area contributed by atoms with Crippen LogP contribution in [0.15, 0.2) is 0 Å². The number of hydrogen-bond acceptors (Lipinski definition) is 6. The van der Waals surface area contributed by atoms with E-state index in [1.54, 1.807) is 0 Å². The summed E-state index contributed by atoms with van der Waals surface area (Å²) in [6, 6.07) is 0. The van der Waals surface area contributed by atoms with Crippen molar-refractivity contribution in [3.63, 3.8) is 0 Å². The van der Waals surface area contributed by atoms with Gasteiger partial charge in [0.25, 0.3) is 0 Å². The van der Waals surface area contributed by atoms with E-state index >= 15 is 0 Å². The van der Waals surface area contributed by atoms with E-state index in [0.29, 0.717) is 26.1 Å². The van der Waals surface area contributed by atoms with Gasteiger partial charge in [-0.25, -0.2) is 9.78 Å². The molecule has 126 valence electrons. The highest BCUT2D eigenvalue weighted by Crippen LogP contribution is 2.40. The summed E-state index contributed by atoms with van der Waals surface area (Å²) in [4.78, 5) is 34.3. The number of esters is 2. The third kappa shape index (κ3) is 3.98. The summed E-state index contributed by atoms with van der Waals surface area (Å²) >= 11 is 0. The van der Waals surface area contributed by atoms with Gasteiger partial charge in [0.2, 0.25) is 0 Å². The Balaban J connectivity index is 1.82. The molecule has 2 rings (SSSR count). The first-order valence-electron chi connectivity index (χ1n) is 8.34. The molecule has 1 heterocycles. The Morgan fingerprint density at radius 1 is 0.864 bits per heavy atom. The molecular weight excluding hydrogens is 288 g/mol. The maximum Gasteiger partial charge on any atom is 0.311 e. The van der Waals surface area contributed by atoms with Crippen molar-refractivity contribution in [3.05, 3.63) is 0 Å². The summed E-state index contributed by atoms with van der Waals surface area (Å²) in [5.74, 6) is -1.17. The average molecular weight is 314 g/mol. The molecule has 1 aliphatic carbocycles. The third-order valence-electron chi connectivity index (χ3n) is 4.27. The van der Waals surface area contributed by atoms with Crippen LogP contribution >= 0.6 is 0 Å². The van der Waals surface area contributed by atoms with Crippen LogP contribution in [0, 0.1) is 11.8 Å². The van der Waals surface area contributed by atoms with E-state index < -0.39 is 0 Å². The highest BCUT2D eigenvalue weighted by molar-refractivity contribution is 5.76. The summed E-state index contributed by atoms with van der Waals surface area (Å²) in [6.07, 6.45) is 4.06. The van der Waals surface area contributed by atoms with Crippen molar-refractivity contribution in [1.82, 2.24) is 0 Å². The van der Waals surface area contributed by atoms with Gasteiger partial charge < -0.3 is 9.47 Å². The van der Waals surface area contributed by atoms with E-state index in [1.165, 1.54) is 0 Å². The van der Waals surface area contributed by atoms with Crippen LogP contribution < -0.4 is 0 Å².